The Kier molecular flexibility index (Phi) is 5.18. The van der Waals surface area contributed by atoms with E-state index in [1.54, 1.807) is 0 Å². The molecule has 0 bridgehead atoms. The molecule has 25 heavy (non-hydrogen) atoms. The van der Waals surface area contributed by atoms with Gasteiger partial charge in [0.1, 0.15) is 0 Å². The summed E-state index contributed by atoms with van der Waals surface area (Å²) in [5.41, 5.74) is 2.25. The third kappa shape index (κ3) is 4.84. The van der Waals surface area contributed by atoms with E-state index >= 15 is 0 Å². The lowest BCUT2D eigenvalue weighted by Gasteiger charge is -2.18. The van der Waals surface area contributed by atoms with Crippen LogP contribution in [0.15, 0.2) is 33.9 Å². The summed E-state index contributed by atoms with van der Waals surface area (Å²) in [7, 11) is 0. The maximum absolute atomic E-state index is 11.9. The fraction of sp³-hybridized carbons (Fsp3) is 0.526. The molecule has 5 nitrogen and oxygen atoms in total. The third-order valence-electron chi connectivity index (χ3n) is 4.45. The maximum atomic E-state index is 11.9. The lowest BCUT2D eigenvalue weighted by atomic mass is 9.87. The van der Waals surface area contributed by atoms with Gasteiger partial charge in [0.05, 0.1) is 5.75 Å². The number of hydrogen-bond donors (Lipinski definition) is 1. The van der Waals surface area contributed by atoms with Crippen molar-refractivity contribution in [2.24, 2.45) is 5.92 Å². The lowest BCUT2D eigenvalue weighted by Crippen LogP contribution is -2.35. The topological polar surface area (TPSA) is 68.0 Å². The Bertz CT molecular complexity index is 730. The predicted octanol–water partition coefficient (Wildman–Crippen LogP) is 4.04. The van der Waals surface area contributed by atoms with Crippen molar-refractivity contribution in [1.82, 2.24) is 15.5 Å². The summed E-state index contributed by atoms with van der Waals surface area (Å²) >= 11 is 1.27. The molecule has 1 N–H and O–H groups in total. The molecule has 1 aliphatic rings. The minimum absolute atomic E-state index is 0.0127. The van der Waals surface area contributed by atoms with Crippen LogP contribution in [0.2, 0.25) is 0 Å². The van der Waals surface area contributed by atoms with Crippen molar-refractivity contribution < 1.29 is 9.21 Å². The van der Waals surface area contributed by atoms with Crippen LogP contribution in [0.3, 0.4) is 0 Å². The monoisotopic (exact) mass is 359 g/mol. The van der Waals surface area contributed by atoms with Gasteiger partial charge in [0.15, 0.2) is 0 Å². The first-order valence-electron chi connectivity index (χ1n) is 8.69. The molecule has 1 amide bonds. The second-order valence-corrected chi connectivity index (χ2v) is 8.61. The van der Waals surface area contributed by atoms with Gasteiger partial charge < -0.3 is 9.73 Å². The highest BCUT2D eigenvalue weighted by Gasteiger charge is 2.28. The van der Waals surface area contributed by atoms with Gasteiger partial charge in [0, 0.05) is 11.6 Å². The summed E-state index contributed by atoms with van der Waals surface area (Å²) in [5, 5.41) is 11.6. The van der Waals surface area contributed by atoms with E-state index in [0.717, 1.165) is 5.56 Å². The molecule has 134 valence electrons. The summed E-state index contributed by atoms with van der Waals surface area (Å²) in [6.45, 7) is 8.60. The Morgan fingerprint density at radius 3 is 2.56 bits per heavy atom. The van der Waals surface area contributed by atoms with Crippen molar-refractivity contribution in [3.05, 3.63) is 29.8 Å². The molecule has 1 heterocycles. The summed E-state index contributed by atoms with van der Waals surface area (Å²) in [6.07, 6.45) is 2.44. The van der Waals surface area contributed by atoms with Gasteiger partial charge in [-0.05, 0) is 48.8 Å². The number of thioether (sulfide) groups is 1. The van der Waals surface area contributed by atoms with Crippen molar-refractivity contribution in [2.75, 3.05) is 5.75 Å². The van der Waals surface area contributed by atoms with Gasteiger partial charge in [-0.1, -0.05) is 44.7 Å². The molecular formula is C19H25N3O2S. The molecule has 1 atom stereocenters. The minimum atomic E-state index is 0.0127. The largest absolute Gasteiger partial charge is 0.411 e. The summed E-state index contributed by atoms with van der Waals surface area (Å²) in [4.78, 5) is 11.9. The van der Waals surface area contributed by atoms with Crippen LogP contribution in [0.25, 0.3) is 11.5 Å². The molecule has 0 radical (unpaired) electrons. The van der Waals surface area contributed by atoms with Crippen molar-refractivity contribution in [1.29, 1.82) is 0 Å². The Balaban J connectivity index is 1.55. The first-order chi connectivity index (χ1) is 11.8. The zero-order valence-electron chi connectivity index (χ0n) is 15.2. The van der Waals surface area contributed by atoms with E-state index in [0.29, 0.717) is 22.8 Å². The highest BCUT2D eigenvalue weighted by molar-refractivity contribution is 7.99. The second-order valence-electron chi connectivity index (χ2n) is 7.68. The highest BCUT2D eigenvalue weighted by Crippen LogP contribution is 2.32. The van der Waals surface area contributed by atoms with Crippen LogP contribution in [0, 0.1) is 5.92 Å². The van der Waals surface area contributed by atoms with E-state index in [4.69, 9.17) is 4.42 Å². The first-order valence-corrected chi connectivity index (χ1v) is 9.68. The van der Waals surface area contributed by atoms with Gasteiger partial charge in [-0.2, -0.15) is 0 Å². The van der Waals surface area contributed by atoms with Gasteiger partial charge in [-0.15, -0.1) is 10.2 Å². The van der Waals surface area contributed by atoms with Crippen molar-refractivity contribution in [3.8, 4) is 11.5 Å². The Morgan fingerprint density at radius 2 is 1.96 bits per heavy atom. The molecule has 1 aromatic carbocycles. The average molecular weight is 359 g/mol. The van der Waals surface area contributed by atoms with Crippen LogP contribution in [-0.2, 0) is 10.2 Å². The standard InChI is InChI=1S/C19H25N3O2S/c1-12(13-5-6-13)20-16(23)11-25-18-22-21-17(24-18)14-7-9-15(10-8-14)19(2,3)4/h7-10,12-13H,5-6,11H2,1-4H3,(H,20,23)/t12-/m0/s1. The van der Waals surface area contributed by atoms with Crippen LogP contribution in [0.1, 0.15) is 46.1 Å². The molecule has 0 unspecified atom stereocenters. The molecule has 0 saturated heterocycles. The molecule has 0 spiro atoms. The van der Waals surface area contributed by atoms with E-state index in [1.807, 2.05) is 12.1 Å². The SMILES string of the molecule is C[C@H](NC(=O)CSc1nnc(-c2ccc(C(C)(C)C)cc2)o1)C1CC1. The smallest absolute Gasteiger partial charge is 0.277 e. The molecule has 1 aliphatic carbocycles. The number of aromatic nitrogens is 2. The van der Waals surface area contributed by atoms with Crippen molar-refractivity contribution in [2.45, 2.75) is 57.2 Å². The normalized spacial score (nSPS) is 15.8. The molecule has 2 aromatic rings. The second kappa shape index (κ2) is 7.20. The number of nitrogens with zero attached hydrogens (tertiary/aromatic N) is 2. The number of nitrogens with one attached hydrogen (secondary N) is 1. The maximum Gasteiger partial charge on any atom is 0.277 e. The van der Waals surface area contributed by atoms with Gasteiger partial charge >= 0.3 is 0 Å². The minimum Gasteiger partial charge on any atom is -0.411 e. The molecule has 6 heteroatoms. The summed E-state index contributed by atoms with van der Waals surface area (Å²) in [5.74, 6) is 1.44. The van der Waals surface area contributed by atoms with Crippen LogP contribution < -0.4 is 5.32 Å². The van der Waals surface area contributed by atoms with E-state index in [2.05, 4.69) is 55.3 Å². The molecule has 1 fully saturated rings. The number of carbonyl (C=O) groups excluding carboxylic acids is 1. The van der Waals surface area contributed by atoms with Crippen molar-refractivity contribution >= 4 is 17.7 Å². The summed E-state index contributed by atoms with van der Waals surface area (Å²) < 4.78 is 5.67. The predicted molar refractivity (Wildman–Crippen MR) is 99.5 cm³/mol. The van der Waals surface area contributed by atoms with Crippen LogP contribution in [0.4, 0.5) is 0 Å². The highest BCUT2D eigenvalue weighted by atomic mass is 32.2. The quantitative estimate of drug-likeness (QED) is 0.788. The Hall–Kier alpha value is -1.82. The number of carbonyl (C=O) groups is 1. The third-order valence-corrected chi connectivity index (χ3v) is 5.27. The fourth-order valence-corrected chi connectivity index (χ4v) is 3.21. The van der Waals surface area contributed by atoms with Crippen LogP contribution in [0.5, 0.6) is 0 Å². The van der Waals surface area contributed by atoms with E-state index in [-0.39, 0.29) is 17.4 Å². The zero-order chi connectivity index (χ0) is 18.0. The number of benzene rings is 1. The lowest BCUT2D eigenvalue weighted by molar-refractivity contribution is -0.119. The van der Waals surface area contributed by atoms with E-state index < -0.39 is 0 Å². The molecule has 0 aliphatic heterocycles. The first kappa shape index (κ1) is 18.0. The Labute approximate surface area is 153 Å². The van der Waals surface area contributed by atoms with Gasteiger partial charge in [0.2, 0.25) is 11.8 Å². The number of hydrogen-bond acceptors (Lipinski definition) is 5. The summed E-state index contributed by atoms with van der Waals surface area (Å²) in [6, 6.07) is 8.41. The van der Waals surface area contributed by atoms with Gasteiger partial charge in [0.25, 0.3) is 5.22 Å². The van der Waals surface area contributed by atoms with Gasteiger partial charge in [-0.25, -0.2) is 0 Å². The molecule has 1 saturated carbocycles. The van der Waals surface area contributed by atoms with Gasteiger partial charge in [-0.3, -0.25) is 4.79 Å². The average Bonchev–Trinajstić information content (AvgIpc) is 3.31. The van der Waals surface area contributed by atoms with E-state index in [1.165, 1.54) is 30.2 Å². The zero-order valence-corrected chi connectivity index (χ0v) is 16.0. The molecule has 1 aromatic heterocycles. The van der Waals surface area contributed by atoms with Crippen molar-refractivity contribution in [3.63, 3.8) is 0 Å². The molecule has 3 rings (SSSR count). The number of amides is 1. The Morgan fingerprint density at radius 1 is 1.28 bits per heavy atom. The molecular weight excluding hydrogens is 334 g/mol. The fourth-order valence-electron chi connectivity index (χ4n) is 2.63. The van der Waals surface area contributed by atoms with Crippen LogP contribution >= 0.6 is 11.8 Å². The van der Waals surface area contributed by atoms with Crippen LogP contribution in [-0.4, -0.2) is 27.9 Å². The number of rotatable bonds is 6. The van der Waals surface area contributed by atoms with E-state index in [9.17, 15) is 4.79 Å².